The third-order valence-corrected chi connectivity index (χ3v) is 4.58. The van der Waals surface area contributed by atoms with E-state index in [-0.39, 0.29) is 0 Å². The molecule has 0 spiro atoms. The molecular weight excluding hydrogens is 288 g/mol. The minimum Gasteiger partial charge on any atom is -0.362 e. The van der Waals surface area contributed by atoms with E-state index in [1.165, 1.54) is 0 Å². The molecule has 0 fully saturated rings. The van der Waals surface area contributed by atoms with Crippen molar-refractivity contribution in [2.75, 3.05) is 11.9 Å². The Morgan fingerprint density at radius 1 is 1.25 bits per heavy atom. The van der Waals surface area contributed by atoms with Crippen LogP contribution in [0.1, 0.15) is 13.3 Å². The highest BCUT2D eigenvalue weighted by Crippen LogP contribution is 2.33. The van der Waals surface area contributed by atoms with Crippen LogP contribution in [-0.4, -0.2) is 21.5 Å². The number of hydrogen-bond donors (Lipinski definition) is 1. The summed E-state index contributed by atoms with van der Waals surface area (Å²) in [6.45, 7) is 3.10. The van der Waals surface area contributed by atoms with Gasteiger partial charge in [-0.15, -0.1) is 22.7 Å². The fourth-order valence-electron chi connectivity index (χ4n) is 1.72. The fraction of sp³-hybridized carbons (Fsp3) is 0.214. The van der Waals surface area contributed by atoms with Gasteiger partial charge < -0.3 is 5.32 Å². The van der Waals surface area contributed by atoms with E-state index in [9.17, 15) is 0 Å². The molecule has 3 aromatic rings. The zero-order chi connectivity index (χ0) is 13.8. The molecule has 20 heavy (non-hydrogen) atoms. The normalized spacial score (nSPS) is 10.7. The molecule has 0 aliphatic heterocycles. The predicted octanol–water partition coefficient (Wildman–Crippen LogP) is 4.15. The first-order valence-corrected chi connectivity index (χ1v) is 8.12. The molecular formula is C14H14N4S2. The van der Waals surface area contributed by atoms with E-state index in [1.54, 1.807) is 35.1 Å². The summed E-state index contributed by atoms with van der Waals surface area (Å²) in [5.74, 6) is 0. The van der Waals surface area contributed by atoms with Crippen LogP contribution in [0.2, 0.25) is 0 Å². The summed E-state index contributed by atoms with van der Waals surface area (Å²) < 4.78 is 0. The lowest BCUT2D eigenvalue weighted by Crippen LogP contribution is -1.98. The van der Waals surface area contributed by atoms with Gasteiger partial charge in [-0.05, 0) is 18.6 Å². The molecule has 3 heterocycles. The average molecular weight is 302 g/mol. The Bertz CT molecular complexity index is 675. The number of anilines is 1. The first-order valence-electron chi connectivity index (χ1n) is 6.43. The number of thiazole rings is 2. The largest absolute Gasteiger partial charge is 0.362 e. The van der Waals surface area contributed by atoms with Gasteiger partial charge in [0, 0.05) is 36.1 Å². The van der Waals surface area contributed by atoms with E-state index < -0.39 is 0 Å². The van der Waals surface area contributed by atoms with Gasteiger partial charge in [-0.25, -0.2) is 9.97 Å². The molecule has 0 unspecified atom stereocenters. The van der Waals surface area contributed by atoms with Crippen molar-refractivity contribution in [2.45, 2.75) is 13.3 Å². The van der Waals surface area contributed by atoms with Crippen LogP contribution in [-0.2, 0) is 0 Å². The van der Waals surface area contributed by atoms with E-state index in [1.807, 2.05) is 18.3 Å². The molecule has 0 radical (unpaired) electrons. The second kappa shape index (κ2) is 6.11. The molecule has 0 bridgehead atoms. The van der Waals surface area contributed by atoms with Crippen LogP contribution in [0.4, 0.5) is 5.13 Å². The highest BCUT2D eigenvalue weighted by Gasteiger charge is 2.09. The molecule has 1 N–H and O–H groups in total. The Kier molecular flexibility index (Phi) is 4.03. The molecule has 3 aromatic heterocycles. The molecule has 0 atom stereocenters. The number of pyridine rings is 1. The lowest BCUT2D eigenvalue weighted by molar-refractivity contribution is 0.976. The maximum absolute atomic E-state index is 4.59. The van der Waals surface area contributed by atoms with Crippen LogP contribution >= 0.6 is 22.7 Å². The lowest BCUT2D eigenvalue weighted by Gasteiger charge is -1.96. The average Bonchev–Trinajstić information content (AvgIpc) is 3.15. The predicted molar refractivity (Wildman–Crippen MR) is 85.2 cm³/mol. The van der Waals surface area contributed by atoms with Crippen LogP contribution in [0.25, 0.3) is 21.1 Å². The maximum Gasteiger partial charge on any atom is 0.183 e. The van der Waals surface area contributed by atoms with Crippen molar-refractivity contribution in [2.24, 2.45) is 0 Å². The Labute approximate surface area is 125 Å². The van der Waals surface area contributed by atoms with Crippen molar-refractivity contribution in [3.63, 3.8) is 0 Å². The van der Waals surface area contributed by atoms with Gasteiger partial charge in [0.05, 0.1) is 10.6 Å². The van der Waals surface area contributed by atoms with Gasteiger partial charge in [0.25, 0.3) is 0 Å². The van der Waals surface area contributed by atoms with Gasteiger partial charge in [0.2, 0.25) is 0 Å². The Morgan fingerprint density at radius 3 is 2.90 bits per heavy atom. The monoisotopic (exact) mass is 302 g/mol. The second-order valence-corrected chi connectivity index (χ2v) is 6.12. The van der Waals surface area contributed by atoms with Crippen LogP contribution in [0.3, 0.4) is 0 Å². The second-order valence-electron chi connectivity index (χ2n) is 4.23. The molecule has 0 aromatic carbocycles. The zero-order valence-corrected chi connectivity index (χ0v) is 12.7. The van der Waals surface area contributed by atoms with Crippen molar-refractivity contribution >= 4 is 27.8 Å². The molecule has 0 aliphatic carbocycles. The molecule has 0 saturated carbocycles. The summed E-state index contributed by atoms with van der Waals surface area (Å²) in [5, 5.41) is 7.35. The Morgan fingerprint density at radius 2 is 2.10 bits per heavy atom. The first-order chi connectivity index (χ1) is 9.86. The maximum atomic E-state index is 4.59. The van der Waals surface area contributed by atoms with E-state index in [0.29, 0.717) is 0 Å². The standard InChI is InChI=1S/C14H14N4S2/c1-2-5-16-14-18-11(9-19-14)12-8-17-13(20-12)10-3-6-15-7-4-10/h3-4,6-9H,2,5H2,1H3,(H,16,18). The number of aromatic nitrogens is 3. The van der Waals surface area contributed by atoms with Crippen molar-refractivity contribution in [1.82, 2.24) is 15.0 Å². The van der Waals surface area contributed by atoms with Crippen molar-refractivity contribution in [3.8, 4) is 21.1 Å². The summed E-state index contributed by atoms with van der Waals surface area (Å²) in [6.07, 6.45) is 6.55. The molecule has 102 valence electrons. The summed E-state index contributed by atoms with van der Waals surface area (Å²) in [5.41, 5.74) is 2.09. The van der Waals surface area contributed by atoms with Crippen molar-refractivity contribution in [3.05, 3.63) is 36.1 Å². The summed E-state index contributed by atoms with van der Waals surface area (Å²) in [6, 6.07) is 3.94. The minimum absolute atomic E-state index is 0.956. The molecule has 6 heteroatoms. The van der Waals surface area contributed by atoms with E-state index in [4.69, 9.17) is 0 Å². The van der Waals surface area contributed by atoms with Gasteiger partial charge in [-0.2, -0.15) is 0 Å². The first kappa shape index (κ1) is 13.2. The topological polar surface area (TPSA) is 50.7 Å². The lowest BCUT2D eigenvalue weighted by atomic mass is 10.3. The Hall–Kier alpha value is -1.79. The zero-order valence-electron chi connectivity index (χ0n) is 11.0. The van der Waals surface area contributed by atoms with Gasteiger partial charge in [0.15, 0.2) is 5.13 Å². The van der Waals surface area contributed by atoms with Crippen molar-refractivity contribution < 1.29 is 0 Å². The van der Waals surface area contributed by atoms with E-state index >= 15 is 0 Å². The van der Waals surface area contributed by atoms with Crippen LogP contribution in [0.5, 0.6) is 0 Å². The third kappa shape index (κ3) is 2.86. The quantitative estimate of drug-likeness (QED) is 0.769. The Balaban J connectivity index is 1.81. The molecule has 0 aliphatic rings. The molecule has 3 rings (SSSR count). The smallest absolute Gasteiger partial charge is 0.183 e. The molecule has 0 amide bonds. The molecule has 0 saturated heterocycles. The molecule has 4 nitrogen and oxygen atoms in total. The van der Waals surface area contributed by atoms with Gasteiger partial charge >= 0.3 is 0 Å². The summed E-state index contributed by atoms with van der Waals surface area (Å²) in [4.78, 5) is 14.2. The minimum atomic E-state index is 0.956. The van der Waals surface area contributed by atoms with Crippen LogP contribution in [0.15, 0.2) is 36.1 Å². The SMILES string of the molecule is CCCNc1nc(-c2cnc(-c3ccncc3)s2)cs1. The van der Waals surface area contributed by atoms with Crippen LogP contribution in [0, 0.1) is 0 Å². The number of hydrogen-bond acceptors (Lipinski definition) is 6. The highest BCUT2D eigenvalue weighted by atomic mass is 32.1. The van der Waals surface area contributed by atoms with Gasteiger partial charge in [-0.3, -0.25) is 4.98 Å². The summed E-state index contributed by atoms with van der Waals surface area (Å²) in [7, 11) is 0. The van der Waals surface area contributed by atoms with Gasteiger partial charge in [-0.1, -0.05) is 6.92 Å². The van der Waals surface area contributed by atoms with Gasteiger partial charge in [0.1, 0.15) is 5.01 Å². The van der Waals surface area contributed by atoms with E-state index in [0.717, 1.165) is 39.2 Å². The van der Waals surface area contributed by atoms with E-state index in [2.05, 4.69) is 32.6 Å². The fourth-order valence-corrected chi connectivity index (χ4v) is 3.42. The number of nitrogens with one attached hydrogen (secondary N) is 1. The van der Waals surface area contributed by atoms with Crippen molar-refractivity contribution in [1.29, 1.82) is 0 Å². The number of nitrogens with zero attached hydrogens (tertiary/aromatic N) is 3. The third-order valence-electron chi connectivity index (χ3n) is 2.72. The van der Waals surface area contributed by atoms with Crippen LogP contribution < -0.4 is 5.32 Å². The summed E-state index contributed by atoms with van der Waals surface area (Å²) >= 11 is 3.29. The number of rotatable bonds is 5. The highest BCUT2D eigenvalue weighted by molar-refractivity contribution is 7.19.